The van der Waals surface area contributed by atoms with Crippen molar-refractivity contribution in [3.8, 4) is 5.69 Å². The molecule has 1 atom stereocenters. The van der Waals surface area contributed by atoms with Crippen LogP contribution in [0.25, 0.3) is 22.2 Å². The maximum Gasteiger partial charge on any atom is 0.282 e. The van der Waals surface area contributed by atoms with E-state index >= 15 is 0 Å². The molecule has 0 spiro atoms. The topological polar surface area (TPSA) is 92.9 Å². The number of aromatic amines is 1. The molecule has 9 heteroatoms. The van der Waals surface area contributed by atoms with Crippen molar-refractivity contribution in [3.05, 3.63) is 83.2 Å². The van der Waals surface area contributed by atoms with Gasteiger partial charge in [0.15, 0.2) is 11.6 Å². The van der Waals surface area contributed by atoms with Gasteiger partial charge in [0.25, 0.3) is 5.56 Å². The summed E-state index contributed by atoms with van der Waals surface area (Å²) < 4.78 is 17.3. The number of anilines is 1. The van der Waals surface area contributed by atoms with E-state index in [0.29, 0.717) is 28.5 Å². The maximum absolute atomic E-state index is 14.2. The first kappa shape index (κ1) is 17.1. The Labute approximate surface area is 163 Å². The largest absolute Gasteiger partial charge is 0.360 e. The van der Waals surface area contributed by atoms with E-state index in [-0.39, 0.29) is 10.9 Å². The molecule has 144 valence electrons. The second kappa shape index (κ2) is 6.55. The van der Waals surface area contributed by atoms with Gasteiger partial charge in [0.05, 0.1) is 17.1 Å². The summed E-state index contributed by atoms with van der Waals surface area (Å²) in [6.07, 6.45) is 4.30. The number of benzene rings is 1. The molecule has 0 saturated heterocycles. The third-order valence-corrected chi connectivity index (χ3v) is 4.77. The Morgan fingerprint density at radius 2 is 1.97 bits per heavy atom. The Kier molecular flexibility index (Phi) is 3.87. The van der Waals surface area contributed by atoms with Crippen LogP contribution in [0.5, 0.6) is 0 Å². The smallest absolute Gasteiger partial charge is 0.282 e. The van der Waals surface area contributed by atoms with Crippen LogP contribution in [-0.2, 0) is 0 Å². The first-order valence-corrected chi connectivity index (χ1v) is 9.03. The second-order valence-corrected chi connectivity index (χ2v) is 6.62. The molecule has 0 saturated carbocycles. The van der Waals surface area contributed by atoms with Gasteiger partial charge in [-0.05, 0) is 31.2 Å². The van der Waals surface area contributed by atoms with Crippen LogP contribution in [-0.4, -0.2) is 29.1 Å². The van der Waals surface area contributed by atoms with Crippen LogP contribution in [0.2, 0.25) is 0 Å². The molecule has 5 aromatic rings. The summed E-state index contributed by atoms with van der Waals surface area (Å²) in [5.41, 5.74) is 1.35. The van der Waals surface area contributed by atoms with Gasteiger partial charge in [-0.15, -0.1) is 0 Å². The molecule has 0 unspecified atom stereocenters. The Balaban J connectivity index is 1.67. The normalized spacial score (nSPS) is 12.5. The Hall–Kier alpha value is -4.01. The third-order valence-electron chi connectivity index (χ3n) is 4.77. The quantitative estimate of drug-likeness (QED) is 0.493. The lowest BCUT2D eigenvalue weighted by atomic mass is 10.2. The zero-order valence-electron chi connectivity index (χ0n) is 15.4. The molecule has 0 fully saturated rings. The van der Waals surface area contributed by atoms with E-state index in [4.69, 9.17) is 0 Å². The summed E-state index contributed by atoms with van der Waals surface area (Å²) in [5.74, 6) is 0.333. The van der Waals surface area contributed by atoms with Gasteiger partial charge in [0.2, 0.25) is 0 Å². The number of hydrogen-bond acceptors (Lipinski definition) is 5. The molecule has 0 amide bonds. The Bertz CT molecular complexity index is 1390. The number of hydrogen-bond donors (Lipinski definition) is 2. The molecular formula is C20H16FN7O. The lowest BCUT2D eigenvalue weighted by Crippen LogP contribution is -2.29. The minimum absolute atomic E-state index is 0.194. The van der Waals surface area contributed by atoms with E-state index < -0.39 is 11.9 Å². The molecule has 0 aliphatic carbocycles. The fourth-order valence-corrected chi connectivity index (χ4v) is 3.41. The number of H-pyrrole nitrogens is 1. The minimum atomic E-state index is -0.456. The fourth-order valence-electron chi connectivity index (χ4n) is 3.41. The second-order valence-electron chi connectivity index (χ2n) is 6.62. The standard InChI is InChI=1S/C20H16FN7O/c1-12(25-18-16-14(21)10-22-17(16)23-11-24-18)19-26-27-9-5-8-15(27)20(29)28(19)13-6-3-2-4-7-13/h2-12H,1H3,(H2,22,23,24,25)/t12-/m0/s1. The molecule has 4 aromatic heterocycles. The number of halogens is 1. The first-order chi connectivity index (χ1) is 14.1. The van der Waals surface area contributed by atoms with E-state index in [1.807, 2.05) is 37.3 Å². The molecule has 0 radical (unpaired) electrons. The highest BCUT2D eigenvalue weighted by molar-refractivity contribution is 5.87. The molecule has 29 heavy (non-hydrogen) atoms. The van der Waals surface area contributed by atoms with Crippen LogP contribution in [0.1, 0.15) is 18.8 Å². The molecule has 0 aliphatic heterocycles. The highest BCUT2D eigenvalue weighted by atomic mass is 19.1. The predicted octanol–water partition coefficient (Wildman–Crippen LogP) is 3.07. The number of para-hydroxylation sites is 1. The molecule has 5 rings (SSSR count). The fraction of sp³-hybridized carbons (Fsp3) is 0.100. The van der Waals surface area contributed by atoms with E-state index in [1.54, 1.807) is 27.4 Å². The van der Waals surface area contributed by atoms with Crippen molar-refractivity contribution < 1.29 is 4.39 Å². The average Bonchev–Trinajstić information content (AvgIpc) is 3.36. The van der Waals surface area contributed by atoms with Gasteiger partial charge in [-0.1, -0.05) is 18.2 Å². The number of rotatable bonds is 4. The predicted molar refractivity (Wildman–Crippen MR) is 107 cm³/mol. The third kappa shape index (κ3) is 2.75. The highest BCUT2D eigenvalue weighted by Crippen LogP contribution is 2.25. The SMILES string of the molecule is C[C@H](Nc1ncnc2[nH]cc(F)c12)c1nn2cccc2c(=O)n1-c1ccccc1. The number of aromatic nitrogens is 6. The molecule has 2 N–H and O–H groups in total. The van der Waals surface area contributed by atoms with Crippen LogP contribution in [0.4, 0.5) is 10.2 Å². The Morgan fingerprint density at radius 3 is 2.79 bits per heavy atom. The van der Waals surface area contributed by atoms with Crippen molar-refractivity contribution in [1.29, 1.82) is 0 Å². The first-order valence-electron chi connectivity index (χ1n) is 9.03. The van der Waals surface area contributed by atoms with E-state index in [2.05, 4.69) is 25.4 Å². The van der Waals surface area contributed by atoms with Crippen molar-refractivity contribution in [2.75, 3.05) is 5.32 Å². The summed E-state index contributed by atoms with van der Waals surface area (Å²) in [6.45, 7) is 1.84. The lowest BCUT2D eigenvalue weighted by Gasteiger charge is -2.19. The summed E-state index contributed by atoms with van der Waals surface area (Å²) >= 11 is 0. The highest BCUT2D eigenvalue weighted by Gasteiger charge is 2.20. The van der Waals surface area contributed by atoms with Crippen molar-refractivity contribution in [2.24, 2.45) is 0 Å². The molecular weight excluding hydrogens is 373 g/mol. The molecule has 0 bridgehead atoms. The van der Waals surface area contributed by atoms with Crippen molar-refractivity contribution >= 4 is 22.4 Å². The summed E-state index contributed by atoms with van der Waals surface area (Å²) in [7, 11) is 0. The van der Waals surface area contributed by atoms with Gasteiger partial charge in [-0.25, -0.2) is 18.9 Å². The maximum atomic E-state index is 14.2. The summed E-state index contributed by atoms with van der Waals surface area (Å²) in [6, 6.07) is 12.3. The minimum Gasteiger partial charge on any atom is -0.360 e. The zero-order chi connectivity index (χ0) is 20.0. The molecule has 8 nitrogen and oxygen atoms in total. The van der Waals surface area contributed by atoms with Crippen LogP contribution in [0.3, 0.4) is 0 Å². The van der Waals surface area contributed by atoms with Crippen molar-refractivity contribution in [2.45, 2.75) is 13.0 Å². The average molecular weight is 389 g/mol. The number of fused-ring (bicyclic) bond motifs is 2. The molecule has 1 aromatic carbocycles. The van der Waals surface area contributed by atoms with Crippen molar-refractivity contribution in [1.82, 2.24) is 29.1 Å². The van der Waals surface area contributed by atoms with E-state index in [9.17, 15) is 9.18 Å². The Morgan fingerprint density at radius 1 is 1.14 bits per heavy atom. The summed E-state index contributed by atoms with van der Waals surface area (Å²) in [4.78, 5) is 24.2. The van der Waals surface area contributed by atoms with Gasteiger partial charge in [-0.2, -0.15) is 5.10 Å². The van der Waals surface area contributed by atoms with Gasteiger partial charge in [-0.3, -0.25) is 9.36 Å². The van der Waals surface area contributed by atoms with Gasteiger partial charge in [0.1, 0.15) is 23.3 Å². The van der Waals surface area contributed by atoms with Gasteiger partial charge < -0.3 is 10.3 Å². The number of nitrogens with one attached hydrogen (secondary N) is 2. The molecule has 0 aliphatic rings. The number of nitrogens with zero attached hydrogens (tertiary/aromatic N) is 5. The van der Waals surface area contributed by atoms with E-state index in [0.717, 1.165) is 0 Å². The van der Waals surface area contributed by atoms with Crippen LogP contribution >= 0.6 is 0 Å². The monoisotopic (exact) mass is 389 g/mol. The van der Waals surface area contributed by atoms with Crippen molar-refractivity contribution in [3.63, 3.8) is 0 Å². The van der Waals surface area contributed by atoms with Crippen LogP contribution < -0.4 is 10.9 Å². The van der Waals surface area contributed by atoms with Crippen LogP contribution in [0.15, 0.2) is 66.0 Å². The van der Waals surface area contributed by atoms with Crippen LogP contribution in [0, 0.1) is 5.82 Å². The zero-order valence-corrected chi connectivity index (χ0v) is 15.4. The van der Waals surface area contributed by atoms with Gasteiger partial charge in [0, 0.05) is 12.4 Å². The molecule has 4 heterocycles. The van der Waals surface area contributed by atoms with E-state index in [1.165, 1.54) is 12.5 Å². The summed E-state index contributed by atoms with van der Waals surface area (Å²) in [5, 5.41) is 8.07. The lowest BCUT2D eigenvalue weighted by molar-refractivity contribution is 0.638. The van der Waals surface area contributed by atoms with Gasteiger partial charge >= 0.3 is 0 Å².